The average molecular weight is 233 g/mol. The van der Waals surface area contributed by atoms with Gasteiger partial charge in [-0.2, -0.15) is 0 Å². The van der Waals surface area contributed by atoms with Crippen LogP contribution in [0.25, 0.3) is 0 Å². The molecule has 1 aromatic rings. The summed E-state index contributed by atoms with van der Waals surface area (Å²) in [6, 6.07) is 1.91. The fraction of sp³-hybridized carbons (Fsp3) is 0.400. The van der Waals surface area contributed by atoms with Gasteiger partial charge in [-0.15, -0.1) is 11.8 Å². The summed E-state index contributed by atoms with van der Waals surface area (Å²) in [4.78, 5) is 0.320. The highest BCUT2D eigenvalue weighted by atomic mass is 32.2. The lowest BCUT2D eigenvalue weighted by atomic mass is 10.3. The van der Waals surface area contributed by atoms with E-state index in [1.54, 1.807) is 13.8 Å². The standard InChI is InChI=1S/C10H13F2NOS/c1-5(14)6(2)15-9-4-7(11)3-8(12)10(9)13/h3-6,14H,13H2,1-2H3. The SMILES string of the molecule is CC(O)C(C)Sc1cc(F)cc(F)c1N. The smallest absolute Gasteiger partial charge is 0.150 e. The van der Waals surface area contributed by atoms with E-state index in [9.17, 15) is 13.9 Å². The van der Waals surface area contributed by atoms with Gasteiger partial charge in [0.25, 0.3) is 0 Å². The molecule has 2 unspecified atom stereocenters. The Kier molecular flexibility index (Phi) is 3.93. The Morgan fingerprint density at radius 1 is 1.33 bits per heavy atom. The molecule has 2 atom stereocenters. The molecule has 1 aromatic carbocycles. The first-order chi connectivity index (χ1) is 6.91. The largest absolute Gasteiger partial charge is 0.395 e. The van der Waals surface area contributed by atoms with Crippen LogP contribution in [0.1, 0.15) is 13.8 Å². The number of aliphatic hydroxyl groups is 1. The van der Waals surface area contributed by atoms with Crippen molar-refractivity contribution in [3.8, 4) is 0 Å². The van der Waals surface area contributed by atoms with Gasteiger partial charge in [0.2, 0.25) is 0 Å². The third-order valence-electron chi connectivity index (χ3n) is 2.05. The van der Waals surface area contributed by atoms with Crippen LogP contribution in [0.4, 0.5) is 14.5 Å². The van der Waals surface area contributed by atoms with Crippen LogP contribution in [0.3, 0.4) is 0 Å². The van der Waals surface area contributed by atoms with E-state index in [-0.39, 0.29) is 10.9 Å². The first-order valence-corrected chi connectivity index (χ1v) is 5.39. The summed E-state index contributed by atoms with van der Waals surface area (Å²) >= 11 is 1.15. The Morgan fingerprint density at radius 2 is 1.93 bits per heavy atom. The number of nitrogens with two attached hydrogens (primary N) is 1. The van der Waals surface area contributed by atoms with Gasteiger partial charge in [0.15, 0.2) is 0 Å². The van der Waals surface area contributed by atoms with E-state index in [0.717, 1.165) is 17.8 Å². The number of nitrogen functional groups attached to an aromatic ring is 1. The highest BCUT2D eigenvalue weighted by molar-refractivity contribution is 8.00. The first kappa shape index (κ1) is 12.3. The molecule has 0 amide bonds. The highest BCUT2D eigenvalue weighted by Crippen LogP contribution is 2.32. The van der Waals surface area contributed by atoms with E-state index in [1.165, 1.54) is 6.07 Å². The number of hydrogen-bond donors (Lipinski definition) is 2. The minimum absolute atomic E-state index is 0.0751. The zero-order chi connectivity index (χ0) is 11.6. The lowest BCUT2D eigenvalue weighted by Crippen LogP contribution is -2.15. The molecule has 15 heavy (non-hydrogen) atoms. The van der Waals surface area contributed by atoms with Gasteiger partial charge in [0.05, 0.1) is 11.8 Å². The van der Waals surface area contributed by atoms with E-state index in [2.05, 4.69) is 0 Å². The van der Waals surface area contributed by atoms with Crippen molar-refractivity contribution < 1.29 is 13.9 Å². The fourth-order valence-corrected chi connectivity index (χ4v) is 1.96. The van der Waals surface area contributed by atoms with Crippen LogP contribution in [0.5, 0.6) is 0 Å². The van der Waals surface area contributed by atoms with Gasteiger partial charge >= 0.3 is 0 Å². The van der Waals surface area contributed by atoms with E-state index in [1.807, 2.05) is 0 Å². The quantitative estimate of drug-likeness (QED) is 0.622. The molecular formula is C10H13F2NOS. The number of halogens is 2. The molecule has 5 heteroatoms. The summed E-state index contributed by atoms with van der Waals surface area (Å²) in [6.45, 7) is 3.38. The Balaban J connectivity index is 2.94. The second-order valence-corrected chi connectivity index (χ2v) is 4.78. The molecule has 0 bridgehead atoms. The van der Waals surface area contributed by atoms with Gasteiger partial charge < -0.3 is 10.8 Å². The minimum Gasteiger partial charge on any atom is -0.395 e. The van der Waals surface area contributed by atoms with Crippen molar-refractivity contribution >= 4 is 17.4 Å². The summed E-state index contributed by atoms with van der Waals surface area (Å²) in [7, 11) is 0. The summed E-state index contributed by atoms with van der Waals surface area (Å²) < 4.78 is 25.9. The van der Waals surface area contributed by atoms with Gasteiger partial charge in [-0.1, -0.05) is 6.92 Å². The third kappa shape index (κ3) is 3.07. The van der Waals surface area contributed by atoms with Gasteiger partial charge in [-0.25, -0.2) is 8.78 Å². The summed E-state index contributed by atoms with van der Waals surface area (Å²) in [5.41, 5.74) is 5.38. The molecule has 84 valence electrons. The molecule has 1 rings (SSSR count). The van der Waals surface area contributed by atoms with Crippen molar-refractivity contribution in [2.45, 2.75) is 30.1 Å². The summed E-state index contributed by atoms with van der Waals surface area (Å²) in [5.74, 6) is -1.43. The maximum Gasteiger partial charge on any atom is 0.150 e. The number of anilines is 1. The second-order valence-electron chi connectivity index (χ2n) is 3.36. The molecule has 3 N–H and O–H groups in total. The molecule has 0 fully saturated rings. The van der Waals surface area contributed by atoms with Crippen LogP contribution in [-0.4, -0.2) is 16.5 Å². The van der Waals surface area contributed by atoms with Gasteiger partial charge in [-0.3, -0.25) is 0 Å². The molecular weight excluding hydrogens is 220 g/mol. The second kappa shape index (κ2) is 4.81. The molecule has 0 aliphatic carbocycles. The molecule has 0 heterocycles. The van der Waals surface area contributed by atoms with Crippen molar-refractivity contribution in [2.24, 2.45) is 0 Å². The van der Waals surface area contributed by atoms with Crippen LogP contribution in [0.15, 0.2) is 17.0 Å². The third-order valence-corrected chi connectivity index (χ3v) is 3.41. The molecule has 0 saturated carbocycles. The van der Waals surface area contributed by atoms with Gasteiger partial charge in [0.1, 0.15) is 11.6 Å². The minimum atomic E-state index is -0.768. The van der Waals surface area contributed by atoms with E-state index < -0.39 is 17.7 Å². The van der Waals surface area contributed by atoms with Crippen molar-refractivity contribution in [3.05, 3.63) is 23.8 Å². The molecule has 2 nitrogen and oxygen atoms in total. The maximum absolute atomic E-state index is 13.1. The molecule has 0 aliphatic heterocycles. The zero-order valence-electron chi connectivity index (χ0n) is 8.50. The van der Waals surface area contributed by atoms with Crippen LogP contribution >= 0.6 is 11.8 Å². The van der Waals surface area contributed by atoms with Gasteiger partial charge in [0, 0.05) is 16.2 Å². The normalized spacial score (nSPS) is 15.0. The average Bonchev–Trinajstić information content (AvgIpc) is 2.13. The Labute approximate surface area is 91.5 Å². The van der Waals surface area contributed by atoms with Gasteiger partial charge in [-0.05, 0) is 13.0 Å². The van der Waals surface area contributed by atoms with E-state index >= 15 is 0 Å². The van der Waals surface area contributed by atoms with Crippen molar-refractivity contribution in [2.75, 3.05) is 5.73 Å². The zero-order valence-corrected chi connectivity index (χ0v) is 9.31. The predicted molar refractivity (Wildman–Crippen MR) is 57.8 cm³/mol. The van der Waals surface area contributed by atoms with Crippen LogP contribution in [0, 0.1) is 11.6 Å². The van der Waals surface area contributed by atoms with Crippen molar-refractivity contribution in [1.82, 2.24) is 0 Å². The summed E-state index contributed by atoms with van der Waals surface area (Å²) in [6.07, 6.45) is -0.569. The summed E-state index contributed by atoms with van der Waals surface area (Å²) in [5, 5.41) is 9.09. The monoisotopic (exact) mass is 233 g/mol. The molecule has 0 radical (unpaired) electrons. The molecule has 0 spiro atoms. The molecule has 0 aliphatic rings. The number of hydrogen-bond acceptors (Lipinski definition) is 3. The molecule has 0 saturated heterocycles. The van der Waals surface area contributed by atoms with Crippen LogP contribution in [0.2, 0.25) is 0 Å². The lowest BCUT2D eigenvalue weighted by Gasteiger charge is -2.15. The number of aliphatic hydroxyl groups excluding tert-OH is 1. The highest BCUT2D eigenvalue weighted by Gasteiger charge is 2.15. The van der Waals surface area contributed by atoms with E-state index in [0.29, 0.717) is 4.90 Å². The Morgan fingerprint density at radius 3 is 2.47 bits per heavy atom. The Hall–Kier alpha value is -0.810. The first-order valence-electron chi connectivity index (χ1n) is 4.51. The maximum atomic E-state index is 13.1. The Bertz CT molecular complexity index is 358. The molecule has 0 aromatic heterocycles. The predicted octanol–water partition coefficient (Wildman–Crippen LogP) is 2.41. The number of rotatable bonds is 3. The van der Waals surface area contributed by atoms with Crippen LogP contribution < -0.4 is 5.73 Å². The van der Waals surface area contributed by atoms with Crippen molar-refractivity contribution in [1.29, 1.82) is 0 Å². The van der Waals surface area contributed by atoms with Crippen LogP contribution in [-0.2, 0) is 0 Å². The number of thioether (sulfide) groups is 1. The fourth-order valence-electron chi connectivity index (χ4n) is 0.957. The number of benzene rings is 1. The lowest BCUT2D eigenvalue weighted by molar-refractivity contribution is 0.196. The van der Waals surface area contributed by atoms with E-state index in [4.69, 9.17) is 5.73 Å². The topological polar surface area (TPSA) is 46.2 Å². The van der Waals surface area contributed by atoms with Crippen molar-refractivity contribution in [3.63, 3.8) is 0 Å².